The van der Waals surface area contributed by atoms with Gasteiger partial charge in [0.05, 0.1) is 37.0 Å². The Hall–Kier alpha value is -1.40. The predicted molar refractivity (Wildman–Crippen MR) is 76.5 cm³/mol. The van der Waals surface area contributed by atoms with Crippen molar-refractivity contribution in [3.8, 4) is 0 Å². The van der Waals surface area contributed by atoms with E-state index in [9.17, 15) is 9.90 Å². The van der Waals surface area contributed by atoms with Crippen LogP contribution in [0.25, 0.3) is 0 Å². The first kappa shape index (κ1) is 14.5. The van der Waals surface area contributed by atoms with E-state index in [0.29, 0.717) is 19.8 Å². The zero-order valence-electron chi connectivity index (χ0n) is 12.3. The summed E-state index contributed by atoms with van der Waals surface area (Å²) in [6, 6.07) is 1.75. The molecule has 1 amide bonds. The summed E-state index contributed by atoms with van der Waals surface area (Å²) in [6.45, 7) is 1.60. The van der Waals surface area contributed by atoms with Crippen LogP contribution in [0.5, 0.6) is 0 Å². The van der Waals surface area contributed by atoms with E-state index in [4.69, 9.17) is 4.74 Å². The lowest BCUT2D eigenvalue weighted by atomic mass is 9.82. The minimum Gasteiger partial charge on any atom is -0.389 e. The van der Waals surface area contributed by atoms with Crippen molar-refractivity contribution in [3.05, 3.63) is 18.0 Å². The Morgan fingerprint density at radius 2 is 2.29 bits per heavy atom. The van der Waals surface area contributed by atoms with Crippen LogP contribution in [0.1, 0.15) is 50.3 Å². The molecule has 1 saturated carbocycles. The Bertz CT molecular complexity index is 469. The maximum absolute atomic E-state index is 12.7. The number of morpholine rings is 1. The molecule has 2 heterocycles. The fourth-order valence-corrected chi connectivity index (χ4v) is 3.38. The van der Waals surface area contributed by atoms with Gasteiger partial charge in [-0.2, -0.15) is 5.10 Å². The second kappa shape index (κ2) is 6.15. The molecule has 1 atom stereocenters. The highest BCUT2D eigenvalue weighted by molar-refractivity contribution is 5.78. The molecule has 0 spiro atoms. The molecule has 6 heteroatoms. The number of nitrogens with one attached hydrogen (secondary N) is 1. The summed E-state index contributed by atoms with van der Waals surface area (Å²) < 4.78 is 5.50. The van der Waals surface area contributed by atoms with Gasteiger partial charge in [0.15, 0.2) is 0 Å². The first-order chi connectivity index (χ1) is 10.2. The molecule has 2 aliphatic rings. The molecule has 6 nitrogen and oxygen atoms in total. The number of hydrogen-bond acceptors (Lipinski definition) is 4. The van der Waals surface area contributed by atoms with E-state index in [2.05, 4.69) is 10.2 Å². The third-order valence-electron chi connectivity index (χ3n) is 4.59. The first-order valence-electron chi connectivity index (χ1n) is 7.77. The molecule has 2 fully saturated rings. The number of rotatable bonds is 3. The van der Waals surface area contributed by atoms with Crippen LogP contribution < -0.4 is 0 Å². The predicted octanol–water partition coefficient (Wildman–Crippen LogP) is 1.39. The van der Waals surface area contributed by atoms with Gasteiger partial charge in [-0.25, -0.2) is 0 Å². The highest BCUT2D eigenvalue weighted by Crippen LogP contribution is 2.33. The van der Waals surface area contributed by atoms with Crippen molar-refractivity contribution in [2.75, 3.05) is 19.8 Å². The summed E-state index contributed by atoms with van der Waals surface area (Å²) in [7, 11) is 0. The molecule has 3 rings (SSSR count). The number of aromatic amines is 1. The Labute approximate surface area is 124 Å². The van der Waals surface area contributed by atoms with E-state index in [-0.39, 0.29) is 18.4 Å². The van der Waals surface area contributed by atoms with Crippen molar-refractivity contribution in [2.45, 2.75) is 50.2 Å². The van der Waals surface area contributed by atoms with E-state index in [0.717, 1.165) is 37.8 Å². The SMILES string of the molecule is O=C(CC1(O)CCCCC1)N1CCOC[C@@H]1c1ccn[nH]1. The van der Waals surface area contributed by atoms with E-state index >= 15 is 0 Å². The Morgan fingerprint density at radius 1 is 1.48 bits per heavy atom. The quantitative estimate of drug-likeness (QED) is 0.883. The van der Waals surface area contributed by atoms with Crippen molar-refractivity contribution in [3.63, 3.8) is 0 Å². The molecule has 0 bridgehead atoms. The molecule has 0 radical (unpaired) electrons. The van der Waals surface area contributed by atoms with Crippen LogP contribution in [0, 0.1) is 0 Å². The number of H-pyrrole nitrogens is 1. The number of aromatic nitrogens is 2. The monoisotopic (exact) mass is 293 g/mol. The lowest BCUT2D eigenvalue weighted by Gasteiger charge is -2.38. The molecule has 1 aromatic rings. The van der Waals surface area contributed by atoms with Crippen LogP contribution in [0.2, 0.25) is 0 Å². The third-order valence-corrected chi connectivity index (χ3v) is 4.59. The van der Waals surface area contributed by atoms with E-state index in [1.54, 1.807) is 6.20 Å². The van der Waals surface area contributed by atoms with Crippen molar-refractivity contribution >= 4 is 5.91 Å². The van der Waals surface area contributed by atoms with Crippen molar-refractivity contribution < 1.29 is 14.6 Å². The Kier molecular flexibility index (Phi) is 4.26. The molecule has 1 aliphatic heterocycles. The zero-order chi connectivity index (χ0) is 14.7. The van der Waals surface area contributed by atoms with Gasteiger partial charge < -0.3 is 14.7 Å². The van der Waals surface area contributed by atoms with Crippen LogP contribution in [0.4, 0.5) is 0 Å². The molecule has 1 aromatic heterocycles. The van der Waals surface area contributed by atoms with Crippen LogP contribution in [-0.4, -0.2) is 51.5 Å². The molecule has 2 N–H and O–H groups in total. The van der Waals surface area contributed by atoms with E-state index in [1.807, 2.05) is 11.0 Å². The standard InChI is InChI=1S/C15H23N3O3/c19-14(10-15(20)5-2-1-3-6-15)18-8-9-21-11-13(18)12-4-7-16-17-12/h4,7,13,20H,1-3,5-6,8-11H2,(H,16,17)/t13-/m1/s1. The topological polar surface area (TPSA) is 78.4 Å². The average molecular weight is 293 g/mol. The summed E-state index contributed by atoms with van der Waals surface area (Å²) in [5, 5.41) is 17.5. The molecule has 0 aromatic carbocycles. The highest BCUT2D eigenvalue weighted by Gasteiger charge is 2.36. The minimum atomic E-state index is -0.813. The van der Waals surface area contributed by atoms with E-state index < -0.39 is 5.60 Å². The van der Waals surface area contributed by atoms with Gasteiger partial charge in [-0.1, -0.05) is 19.3 Å². The van der Waals surface area contributed by atoms with E-state index in [1.165, 1.54) is 0 Å². The van der Waals surface area contributed by atoms with Crippen LogP contribution in [0.15, 0.2) is 12.3 Å². The zero-order valence-corrected chi connectivity index (χ0v) is 12.3. The normalized spacial score (nSPS) is 25.8. The van der Waals surface area contributed by atoms with Crippen molar-refractivity contribution in [2.24, 2.45) is 0 Å². The van der Waals surface area contributed by atoms with Gasteiger partial charge in [0, 0.05) is 12.7 Å². The minimum absolute atomic E-state index is 0.0160. The molecule has 1 saturated heterocycles. The van der Waals surface area contributed by atoms with Gasteiger partial charge in [-0.15, -0.1) is 0 Å². The average Bonchev–Trinajstić information content (AvgIpc) is 3.01. The van der Waals surface area contributed by atoms with Crippen LogP contribution >= 0.6 is 0 Å². The summed E-state index contributed by atoms with van der Waals surface area (Å²) in [6.07, 6.45) is 6.55. The lowest BCUT2D eigenvalue weighted by Crippen LogP contribution is -2.47. The maximum Gasteiger partial charge on any atom is 0.226 e. The molecule has 21 heavy (non-hydrogen) atoms. The second-order valence-corrected chi connectivity index (χ2v) is 6.15. The smallest absolute Gasteiger partial charge is 0.226 e. The fraction of sp³-hybridized carbons (Fsp3) is 0.733. The molecular weight excluding hydrogens is 270 g/mol. The lowest BCUT2D eigenvalue weighted by molar-refractivity contribution is -0.146. The number of carbonyl (C=O) groups excluding carboxylic acids is 1. The Balaban J connectivity index is 1.69. The van der Waals surface area contributed by atoms with Gasteiger partial charge in [0.1, 0.15) is 0 Å². The van der Waals surface area contributed by atoms with Gasteiger partial charge in [-0.05, 0) is 18.9 Å². The Morgan fingerprint density at radius 3 is 3.00 bits per heavy atom. The number of nitrogens with zero attached hydrogens (tertiary/aromatic N) is 2. The fourth-order valence-electron chi connectivity index (χ4n) is 3.38. The summed E-state index contributed by atoms with van der Waals surface area (Å²) in [5.41, 5.74) is 0.0743. The van der Waals surface area contributed by atoms with Gasteiger partial charge in [0.25, 0.3) is 0 Å². The molecular formula is C15H23N3O3. The summed E-state index contributed by atoms with van der Waals surface area (Å²) in [5.74, 6) is 0.0160. The third kappa shape index (κ3) is 3.27. The highest BCUT2D eigenvalue weighted by atomic mass is 16.5. The molecule has 116 valence electrons. The van der Waals surface area contributed by atoms with Gasteiger partial charge in [0.2, 0.25) is 5.91 Å². The van der Waals surface area contributed by atoms with Crippen LogP contribution in [0.3, 0.4) is 0 Å². The molecule has 0 unspecified atom stereocenters. The number of carbonyl (C=O) groups is 1. The maximum atomic E-state index is 12.7. The number of amides is 1. The largest absolute Gasteiger partial charge is 0.389 e. The number of ether oxygens (including phenoxy) is 1. The number of aliphatic hydroxyl groups is 1. The van der Waals surface area contributed by atoms with Crippen molar-refractivity contribution in [1.29, 1.82) is 0 Å². The first-order valence-corrected chi connectivity index (χ1v) is 7.77. The molecule has 1 aliphatic carbocycles. The summed E-state index contributed by atoms with van der Waals surface area (Å²) >= 11 is 0. The van der Waals surface area contributed by atoms with Gasteiger partial charge in [-0.3, -0.25) is 9.89 Å². The van der Waals surface area contributed by atoms with Crippen molar-refractivity contribution in [1.82, 2.24) is 15.1 Å². The van der Waals surface area contributed by atoms with Gasteiger partial charge >= 0.3 is 0 Å². The van der Waals surface area contributed by atoms with Crippen LogP contribution in [-0.2, 0) is 9.53 Å². The second-order valence-electron chi connectivity index (χ2n) is 6.15. The number of hydrogen-bond donors (Lipinski definition) is 2. The summed E-state index contributed by atoms with van der Waals surface area (Å²) in [4.78, 5) is 14.5.